The highest BCUT2D eigenvalue weighted by molar-refractivity contribution is 9.10. The predicted molar refractivity (Wildman–Crippen MR) is 61.4 cm³/mol. The van der Waals surface area contributed by atoms with E-state index >= 15 is 0 Å². The molecule has 0 aliphatic carbocycles. The Labute approximate surface area is 91.4 Å². The minimum absolute atomic E-state index is 0.293. The van der Waals surface area contributed by atoms with Crippen molar-refractivity contribution in [3.63, 3.8) is 0 Å². The average molecular weight is 254 g/mol. The Balaban J connectivity index is 2.66. The number of fused-ring (bicyclic) bond motifs is 1. The topological polar surface area (TPSA) is 25.2 Å². The third-order valence-electron chi connectivity index (χ3n) is 2.44. The molecule has 0 saturated carbocycles. The van der Waals surface area contributed by atoms with E-state index in [2.05, 4.69) is 40.3 Å². The van der Waals surface area contributed by atoms with Gasteiger partial charge in [-0.05, 0) is 32.2 Å². The van der Waals surface area contributed by atoms with E-state index in [0.717, 1.165) is 15.4 Å². The summed E-state index contributed by atoms with van der Waals surface area (Å²) in [5.74, 6) is 0. The molecule has 0 fully saturated rings. The van der Waals surface area contributed by atoms with Crippen LogP contribution in [0.5, 0.6) is 0 Å². The number of nitrogens with one attached hydrogen (secondary N) is 1. The number of benzene rings is 1. The van der Waals surface area contributed by atoms with Gasteiger partial charge in [-0.1, -0.05) is 15.9 Å². The van der Waals surface area contributed by atoms with Gasteiger partial charge in [0.25, 0.3) is 0 Å². The standard InChI is InChI=1S/C11H12BrNO/c1-7(13-2)10-6-9(12)5-8-3-4-14-11(8)10/h3-7,13H,1-2H3. The summed E-state index contributed by atoms with van der Waals surface area (Å²) < 4.78 is 6.55. The monoisotopic (exact) mass is 253 g/mol. The number of furan rings is 1. The molecule has 74 valence electrons. The predicted octanol–water partition coefficient (Wildman–Crippen LogP) is 3.48. The minimum atomic E-state index is 0.293. The molecule has 2 nitrogen and oxygen atoms in total. The third-order valence-corrected chi connectivity index (χ3v) is 2.90. The molecule has 0 amide bonds. The Morgan fingerprint density at radius 3 is 2.93 bits per heavy atom. The second kappa shape index (κ2) is 3.75. The van der Waals surface area contributed by atoms with E-state index in [9.17, 15) is 0 Å². The zero-order chi connectivity index (χ0) is 10.1. The summed E-state index contributed by atoms with van der Waals surface area (Å²) >= 11 is 3.50. The fraction of sp³-hybridized carbons (Fsp3) is 0.273. The summed E-state index contributed by atoms with van der Waals surface area (Å²) in [6.07, 6.45) is 1.73. The van der Waals surface area contributed by atoms with Gasteiger partial charge in [0.1, 0.15) is 5.58 Å². The zero-order valence-corrected chi connectivity index (χ0v) is 9.76. The molecule has 14 heavy (non-hydrogen) atoms. The Morgan fingerprint density at radius 2 is 2.21 bits per heavy atom. The fourth-order valence-corrected chi connectivity index (χ4v) is 2.04. The summed E-state index contributed by atoms with van der Waals surface area (Å²) in [7, 11) is 1.94. The first-order valence-corrected chi connectivity index (χ1v) is 5.35. The van der Waals surface area contributed by atoms with Gasteiger partial charge < -0.3 is 9.73 Å². The summed E-state index contributed by atoms with van der Waals surface area (Å²) in [6.45, 7) is 2.11. The highest BCUT2D eigenvalue weighted by Crippen LogP contribution is 2.29. The van der Waals surface area contributed by atoms with E-state index in [4.69, 9.17) is 4.42 Å². The van der Waals surface area contributed by atoms with Crippen molar-refractivity contribution in [3.05, 3.63) is 34.5 Å². The van der Waals surface area contributed by atoms with Crippen LogP contribution in [-0.4, -0.2) is 7.05 Å². The van der Waals surface area contributed by atoms with E-state index in [1.54, 1.807) is 6.26 Å². The molecule has 0 spiro atoms. The normalized spacial score (nSPS) is 13.4. The van der Waals surface area contributed by atoms with Crippen LogP contribution in [0.3, 0.4) is 0 Å². The van der Waals surface area contributed by atoms with Crippen molar-refractivity contribution in [2.45, 2.75) is 13.0 Å². The van der Waals surface area contributed by atoms with Crippen molar-refractivity contribution < 1.29 is 4.42 Å². The lowest BCUT2D eigenvalue weighted by molar-refractivity contribution is 0.589. The number of rotatable bonds is 2. The van der Waals surface area contributed by atoms with Crippen molar-refractivity contribution in [3.8, 4) is 0 Å². The molecule has 0 aliphatic heterocycles. The minimum Gasteiger partial charge on any atom is -0.464 e. The van der Waals surface area contributed by atoms with Gasteiger partial charge >= 0.3 is 0 Å². The van der Waals surface area contributed by atoms with Gasteiger partial charge in [-0.3, -0.25) is 0 Å². The van der Waals surface area contributed by atoms with Gasteiger partial charge in [-0.2, -0.15) is 0 Å². The largest absolute Gasteiger partial charge is 0.464 e. The smallest absolute Gasteiger partial charge is 0.138 e. The quantitative estimate of drug-likeness (QED) is 0.887. The summed E-state index contributed by atoms with van der Waals surface area (Å²) in [5.41, 5.74) is 2.15. The number of halogens is 1. The van der Waals surface area contributed by atoms with Crippen LogP contribution in [-0.2, 0) is 0 Å². The van der Waals surface area contributed by atoms with Crippen molar-refractivity contribution in [2.75, 3.05) is 7.05 Å². The van der Waals surface area contributed by atoms with E-state index < -0.39 is 0 Å². The highest BCUT2D eigenvalue weighted by atomic mass is 79.9. The maximum Gasteiger partial charge on any atom is 0.138 e. The van der Waals surface area contributed by atoms with Gasteiger partial charge in [-0.15, -0.1) is 0 Å². The second-order valence-corrected chi connectivity index (χ2v) is 4.26. The molecule has 1 heterocycles. The Kier molecular flexibility index (Phi) is 2.61. The van der Waals surface area contributed by atoms with Crippen LogP contribution in [0.4, 0.5) is 0 Å². The molecule has 3 heteroatoms. The maximum atomic E-state index is 5.47. The molecule has 1 aromatic heterocycles. The average Bonchev–Trinajstić information content (AvgIpc) is 2.62. The van der Waals surface area contributed by atoms with E-state index in [0.29, 0.717) is 6.04 Å². The molecule has 0 radical (unpaired) electrons. The highest BCUT2D eigenvalue weighted by Gasteiger charge is 2.11. The van der Waals surface area contributed by atoms with Gasteiger partial charge in [-0.25, -0.2) is 0 Å². The summed E-state index contributed by atoms with van der Waals surface area (Å²) in [6, 6.07) is 6.42. The molecule has 1 N–H and O–H groups in total. The third kappa shape index (κ3) is 1.57. The van der Waals surface area contributed by atoms with Gasteiger partial charge in [0.05, 0.1) is 6.26 Å². The summed E-state index contributed by atoms with van der Waals surface area (Å²) in [4.78, 5) is 0. The van der Waals surface area contributed by atoms with Crippen molar-refractivity contribution in [2.24, 2.45) is 0 Å². The van der Waals surface area contributed by atoms with Crippen molar-refractivity contribution in [1.82, 2.24) is 5.32 Å². The zero-order valence-electron chi connectivity index (χ0n) is 8.17. The number of hydrogen-bond donors (Lipinski definition) is 1. The first kappa shape index (κ1) is 9.74. The maximum absolute atomic E-state index is 5.47. The first-order valence-electron chi connectivity index (χ1n) is 4.56. The molecular weight excluding hydrogens is 242 g/mol. The van der Waals surface area contributed by atoms with Crippen LogP contribution in [0.2, 0.25) is 0 Å². The van der Waals surface area contributed by atoms with Crippen LogP contribution < -0.4 is 5.32 Å². The lowest BCUT2D eigenvalue weighted by atomic mass is 10.1. The Hall–Kier alpha value is -0.800. The van der Waals surface area contributed by atoms with E-state index in [-0.39, 0.29) is 0 Å². The summed E-state index contributed by atoms with van der Waals surface area (Å²) in [5, 5.41) is 4.35. The molecule has 1 unspecified atom stereocenters. The van der Waals surface area contributed by atoms with Gasteiger partial charge in [0, 0.05) is 21.5 Å². The molecule has 1 atom stereocenters. The fourth-order valence-electron chi connectivity index (χ4n) is 1.55. The molecule has 2 rings (SSSR count). The molecular formula is C11H12BrNO. The molecule has 0 bridgehead atoms. The Bertz CT molecular complexity index is 449. The van der Waals surface area contributed by atoms with Crippen molar-refractivity contribution in [1.29, 1.82) is 0 Å². The lowest BCUT2D eigenvalue weighted by Crippen LogP contribution is -2.12. The Morgan fingerprint density at radius 1 is 1.43 bits per heavy atom. The van der Waals surface area contributed by atoms with E-state index in [1.165, 1.54) is 5.56 Å². The van der Waals surface area contributed by atoms with Crippen LogP contribution in [0.1, 0.15) is 18.5 Å². The van der Waals surface area contributed by atoms with Gasteiger partial charge in [0.15, 0.2) is 0 Å². The van der Waals surface area contributed by atoms with Crippen LogP contribution in [0.15, 0.2) is 33.4 Å². The SMILES string of the molecule is CNC(C)c1cc(Br)cc2ccoc12. The molecule has 0 saturated heterocycles. The van der Waals surface area contributed by atoms with Crippen LogP contribution in [0.25, 0.3) is 11.0 Å². The molecule has 1 aromatic carbocycles. The van der Waals surface area contributed by atoms with Gasteiger partial charge in [0.2, 0.25) is 0 Å². The van der Waals surface area contributed by atoms with Crippen molar-refractivity contribution >= 4 is 26.9 Å². The first-order chi connectivity index (χ1) is 6.72. The molecule has 0 aliphatic rings. The van der Waals surface area contributed by atoms with E-state index in [1.807, 2.05) is 13.1 Å². The van der Waals surface area contributed by atoms with Crippen LogP contribution in [0, 0.1) is 0 Å². The number of hydrogen-bond acceptors (Lipinski definition) is 2. The molecule has 2 aromatic rings. The second-order valence-electron chi connectivity index (χ2n) is 3.34. The van der Waals surface area contributed by atoms with Crippen LogP contribution >= 0.6 is 15.9 Å². The lowest BCUT2D eigenvalue weighted by Gasteiger charge is -2.11.